The van der Waals surface area contributed by atoms with Gasteiger partial charge in [-0.3, -0.25) is 4.79 Å². The zero-order valence-electron chi connectivity index (χ0n) is 18.5. The number of benzene rings is 2. The lowest BCUT2D eigenvalue weighted by Gasteiger charge is -2.06. The molecule has 0 aliphatic rings. The largest absolute Gasteiger partial charge is 0.490 e. The van der Waals surface area contributed by atoms with Gasteiger partial charge in [0.25, 0.3) is 0 Å². The molecule has 33 heavy (non-hydrogen) atoms. The van der Waals surface area contributed by atoms with E-state index in [0.717, 1.165) is 17.2 Å². The maximum absolute atomic E-state index is 13.0. The summed E-state index contributed by atoms with van der Waals surface area (Å²) in [7, 11) is -3.36. The summed E-state index contributed by atoms with van der Waals surface area (Å²) in [5, 5.41) is 0.748. The first-order valence-corrected chi connectivity index (χ1v) is 13.2. The molecule has 0 aliphatic carbocycles. The van der Waals surface area contributed by atoms with E-state index in [1.54, 1.807) is 30.3 Å². The van der Waals surface area contributed by atoms with Gasteiger partial charge in [0.15, 0.2) is 31.7 Å². The fourth-order valence-corrected chi connectivity index (χ4v) is 5.25. The molecule has 0 unspecified atom stereocenters. The molecule has 174 valence electrons. The van der Waals surface area contributed by atoms with Crippen molar-refractivity contribution in [3.8, 4) is 5.75 Å². The van der Waals surface area contributed by atoms with Gasteiger partial charge in [-0.05, 0) is 44.2 Å². The van der Waals surface area contributed by atoms with Crippen molar-refractivity contribution in [3.63, 3.8) is 0 Å². The van der Waals surface area contributed by atoms with Crippen molar-refractivity contribution < 1.29 is 27.1 Å². The molecular formula is C23H24N2O6S2. The second-order valence-corrected chi connectivity index (χ2v) is 10.3. The molecule has 2 heterocycles. The van der Waals surface area contributed by atoms with Gasteiger partial charge in [0.2, 0.25) is 0 Å². The molecule has 0 N–H and O–H groups in total. The van der Waals surface area contributed by atoms with E-state index in [-0.39, 0.29) is 10.7 Å². The molecule has 4 rings (SSSR count). The Kier molecular flexibility index (Phi) is 6.68. The van der Waals surface area contributed by atoms with Gasteiger partial charge in [-0.2, -0.15) is 4.99 Å². The van der Waals surface area contributed by atoms with Crippen LogP contribution in [0.2, 0.25) is 0 Å². The Morgan fingerprint density at radius 1 is 1.15 bits per heavy atom. The second-order valence-electron chi connectivity index (χ2n) is 7.27. The summed E-state index contributed by atoms with van der Waals surface area (Å²) < 4.78 is 43.4. The highest BCUT2D eigenvalue weighted by atomic mass is 32.2. The van der Waals surface area contributed by atoms with Crippen LogP contribution in [-0.2, 0) is 21.1 Å². The minimum Gasteiger partial charge on any atom is -0.490 e. The molecule has 0 atom stereocenters. The van der Waals surface area contributed by atoms with Gasteiger partial charge in [-0.1, -0.05) is 23.5 Å². The number of para-hydroxylation sites is 1. The molecule has 0 radical (unpaired) electrons. The first kappa shape index (κ1) is 23.2. The number of thiazole rings is 1. The highest BCUT2D eigenvalue weighted by Crippen LogP contribution is 2.29. The first-order valence-electron chi connectivity index (χ1n) is 10.5. The lowest BCUT2D eigenvalue weighted by molar-refractivity contribution is 0.0972. The monoisotopic (exact) mass is 488 g/mol. The molecular weight excluding hydrogens is 464 g/mol. The number of furan rings is 1. The molecule has 0 spiro atoms. The van der Waals surface area contributed by atoms with Crippen LogP contribution in [0.4, 0.5) is 0 Å². The summed E-state index contributed by atoms with van der Waals surface area (Å²) >= 11 is 1.24. The van der Waals surface area contributed by atoms with Crippen molar-refractivity contribution >= 4 is 48.3 Å². The Morgan fingerprint density at radius 3 is 2.70 bits per heavy atom. The van der Waals surface area contributed by atoms with Gasteiger partial charge < -0.3 is 18.5 Å². The summed E-state index contributed by atoms with van der Waals surface area (Å²) in [5.74, 6) is 0.132. The average Bonchev–Trinajstić information content (AvgIpc) is 3.35. The summed E-state index contributed by atoms with van der Waals surface area (Å²) in [6.45, 7) is 5.72. The van der Waals surface area contributed by atoms with Gasteiger partial charge in [-0.25, -0.2) is 8.42 Å². The number of rotatable bonds is 8. The van der Waals surface area contributed by atoms with Gasteiger partial charge in [0.1, 0.15) is 0 Å². The van der Waals surface area contributed by atoms with Gasteiger partial charge in [-0.15, -0.1) is 0 Å². The van der Waals surface area contributed by atoms with E-state index in [1.165, 1.54) is 11.3 Å². The maximum atomic E-state index is 13.0. The van der Waals surface area contributed by atoms with E-state index < -0.39 is 15.7 Å². The highest BCUT2D eigenvalue weighted by Gasteiger charge is 2.17. The smallest absolute Gasteiger partial charge is 0.315 e. The van der Waals surface area contributed by atoms with E-state index in [9.17, 15) is 13.2 Å². The number of sulfone groups is 1. The van der Waals surface area contributed by atoms with Crippen LogP contribution in [-0.4, -0.2) is 45.0 Å². The van der Waals surface area contributed by atoms with Crippen LogP contribution in [0.3, 0.4) is 0 Å². The SMILES string of the molecule is CCOCCn1c(=NC(=O)c2cc3cccc(OCC)c3o2)sc2cc(S(C)(=O)=O)ccc21. The molecule has 0 fully saturated rings. The molecule has 0 aliphatic heterocycles. The molecule has 0 saturated heterocycles. The number of amides is 1. The molecule has 0 saturated carbocycles. The van der Waals surface area contributed by atoms with Crippen LogP contribution < -0.4 is 9.54 Å². The predicted octanol–water partition coefficient (Wildman–Crippen LogP) is 4.03. The third-order valence-corrected chi connectivity index (χ3v) is 7.11. The Labute approximate surface area is 195 Å². The number of carbonyl (C=O) groups excluding carboxylic acids is 1. The lowest BCUT2D eigenvalue weighted by atomic mass is 10.2. The van der Waals surface area contributed by atoms with E-state index in [1.807, 2.05) is 30.5 Å². The molecule has 8 nitrogen and oxygen atoms in total. The zero-order chi connectivity index (χ0) is 23.6. The Morgan fingerprint density at radius 2 is 1.97 bits per heavy atom. The second kappa shape index (κ2) is 9.50. The molecule has 4 aromatic rings. The van der Waals surface area contributed by atoms with E-state index in [4.69, 9.17) is 13.9 Å². The zero-order valence-corrected chi connectivity index (χ0v) is 20.2. The van der Waals surface area contributed by atoms with Crippen molar-refractivity contribution in [2.24, 2.45) is 4.99 Å². The van der Waals surface area contributed by atoms with Gasteiger partial charge in [0.05, 0.1) is 28.3 Å². The van der Waals surface area contributed by atoms with E-state index >= 15 is 0 Å². The standard InChI is InChI=1S/C23H24N2O6S2/c1-4-29-12-11-25-17-10-9-16(33(3,27)28)14-20(17)32-23(25)24-22(26)19-13-15-7-6-8-18(30-5-2)21(15)31-19/h6-10,13-14H,4-5,11-12H2,1-3H3. The van der Waals surface area contributed by atoms with Gasteiger partial charge in [0, 0.05) is 24.8 Å². The van der Waals surface area contributed by atoms with Crippen molar-refractivity contribution in [3.05, 3.63) is 53.0 Å². The number of carbonyl (C=O) groups is 1. The first-order chi connectivity index (χ1) is 15.8. The fraction of sp³-hybridized carbons (Fsp3) is 0.304. The molecule has 10 heteroatoms. The van der Waals surface area contributed by atoms with Crippen LogP contribution in [0.25, 0.3) is 21.2 Å². The summed E-state index contributed by atoms with van der Waals surface area (Å²) in [5.41, 5.74) is 1.28. The number of fused-ring (bicyclic) bond motifs is 2. The van der Waals surface area contributed by atoms with Crippen molar-refractivity contribution in [2.45, 2.75) is 25.3 Å². The topological polar surface area (TPSA) is 100 Å². The van der Waals surface area contributed by atoms with Crippen LogP contribution in [0.15, 0.2) is 56.8 Å². The summed E-state index contributed by atoms with van der Waals surface area (Å²) in [6, 6.07) is 12.0. The fourth-order valence-electron chi connectivity index (χ4n) is 3.44. The quantitative estimate of drug-likeness (QED) is 0.347. The third-order valence-electron chi connectivity index (χ3n) is 4.96. The minimum atomic E-state index is -3.36. The number of ether oxygens (including phenoxy) is 2. The lowest BCUT2D eigenvalue weighted by Crippen LogP contribution is -2.19. The van der Waals surface area contributed by atoms with Crippen molar-refractivity contribution in [2.75, 3.05) is 26.1 Å². The number of nitrogens with zero attached hydrogens (tertiary/aromatic N) is 2. The molecule has 1 amide bonds. The Bertz CT molecular complexity index is 1490. The van der Waals surface area contributed by atoms with Crippen molar-refractivity contribution in [1.29, 1.82) is 0 Å². The van der Waals surface area contributed by atoms with Crippen LogP contribution in [0, 0.1) is 0 Å². The van der Waals surface area contributed by atoms with Crippen LogP contribution in [0.1, 0.15) is 24.4 Å². The normalized spacial score (nSPS) is 12.6. The number of aromatic nitrogens is 1. The molecule has 0 bridgehead atoms. The number of hydrogen-bond acceptors (Lipinski definition) is 7. The Hall–Kier alpha value is -2.95. The van der Waals surface area contributed by atoms with Crippen molar-refractivity contribution in [1.82, 2.24) is 4.57 Å². The van der Waals surface area contributed by atoms with Crippen LogP contribution >= 0.6 is 11.3 Å². The number of hydrogen-bond donors (Lipinski definition) is 0. The van der Waals surface area contributed by atoms with E-state index in [2.05, 4.69) is 4.99 Å². The molecule has 2 aromatic carbocycles. The van der Waals surface area contributed by atoms with Gasteiger partial charge >= 0.3 is 5.91 Å². The van der Waals surface area contributed by atoms with E-state index in [0.29, 0.717) is 47.2 Å². The molecule has 2 aromatic heterocycles. The summed E-state index contributed by atoms with van der Waals surface area (Å²) in [4.78, 5) is 18.0. The summed E-state index contributed by atoms with van der Waals surface area (Å²) in [6.07, 6.45) is 1.16. The maximum Gasteiger partial charge on any atom is 0.315 e. The predicted molar refractivity (Wildman–Crippen MR) is 127 cm³/mol. The Balaban J connectivity index is 1.80. The van der Waals surface area contributed by atoms with Crippen LogP contribution in [0.5, 0.6) is 5.75 Å². The minimum absolute atomic E-state index is 0.0998. The highest BCUT2D eigenvalue weighted by molar-refractivity contribution is 7.90. The average molecular weight is 489 g/mol. The third kappa shape index (κ3) is 4.87.